The minimum absolute atomic E-state index is 0.0774. The lowest BCUT2D eigenvalue weighted by Gasteiger charge is -2.18. The van der Waals surface area contributed by atoms with E-state index in [2.05, 4.69) is 81.5 Å². The van der Waals surface area contributed by atoms with Crippen molar-refractivity contribution in [2.24, 2.45) is 0 Å². The topological polar surface area (TPSA) is 78.9 Å². The fourth-order valence-corrected chi connectivity index (χ4v) is 10.1. The minimum Gasteiger partial charge on any atom is -0.462 e. The number of unbranched alkanes of at least 4 members (excludes halogenated alkanes) is 42. The van der Waals surface area contributed by atoms with Crippen LogP contribution in [0.5, 0.6) is 0 Å². The molecule has 0 aliphatic heterocycles. The van der Waals surface area contributed by atoms with E-state index in [9.17, 15) is 14.4 Å². The largest absolute Gasteiger partial charge is 0.462 e. The summed E-state index contributed by atoms with van der Waals surface area (Å²) >= 11 is 0. The number of hydrogen-bond acceptors (Lipinski definition) is 6. The van der Waals surface area contributed by atoms with Crippen LogP contribution >= 0.6 is 0 Å². The SMILES string of the molecule is CCCCC/C=C\C/C=C\C/C=C\CCCCCCCCC(=O)OCC(COC(=O)CCCCCCCCCCC/C=C\C/C=C\CCCCCCC)OC(=O)CCCCCCCCCCCCCCCCCCCCCC. The molecular weight excluding hydrogens is 961 g/mol. The molecule has 1 unspecified atom stereocenters. The molecule has 454 valence electrons. The van der Waals surface area contributed by atoms with Crippen molar-refractivity contribution in [1.29, 1.82) is 0 Å². The highest BCUT2D eigenvalue weighted by Gasteiger charge is 2.19. The first kappa shape index (κ1) is 75.1. The molecule has 6 nitrogen and oxygen atoms in total. The molecule has 0 heterocycles. The molecular formula is C72H130O6. The first-order valence-electron chi connectivity index (χ1n) is 34.3. The van der Waals surface area contributed by atoms with Gasteiger partial charge in [0.2, 0.25) is 0 Å². The van der Waals surface area contributed by atoms with Crippen molar-refractivity contribution >= 4 is 17.9 Å². The standard InChI is InChI=1S/C72H130O6/c1-4-7-10-13-16-19-22-25-28-31-34-36-39-41-44-47-50-53-56-59-62-65-71(74)77-68-69(67-76-70(73)64-61-58-55-52-49-46-43-40-37-33-30-27-24-21-18-15-12-9-6-3)78-72(75)66-63-60-57-54-51-48-45-42-38-35-32-29-26-23-20-17-14-11-8-5-2/h18,21-22,25,27,30-31,34,37,40,69H,4-17,19-20,23-24,26,28-29,32-33,35-36,38-39,41-68H2,1-3H3/b21-18-,25-22-,30-27-,34-31-,40-37-. The van der Waals surface area contributed by atoms with Crippen LogP contribution in [0, 0.1) is 0 Å². The average Bonchev–Trinajstić information content (AvgIpc) is 3.44. The maximum Gasteiger partial charge on any atom is 0.306 e. The van der Waals surface area contributed by atoms with E-state index in [0.717, 1.165) is 83.5 Å². The maximum absolute atomic E-state index is 13.0. The van der Waals surface area contributed by atoms with Gasteiger partial charge in [0.1, 0.15) is 13.2 Å². The van der Waals surface area contributed by atoms with Gasteiger partial charge in [-0.05, 0) is 89.9 Å². The lowest BCUT2D eigenvalue weighted by Crippen LogP contribution is -2.30. The quantitative estimate of drug-likeness (QED) is 0.0261. The fraction of sp³-hybridized carbons (Fsp3) is 0.819. The summed E-state index contributed by atoms with van der Waals surface area (Å²) in [6.07, 6.45) is 85.1. The van der Waals surface area contributed by atoms with Crippen LogP contribution in [0.25, 0.3) is 0 Å². The molecule has 0 spiro atoms. The van der Waals surface area contributed by atoms with E-state index in [1.54, 1.807) is 0 Å². The Balaban J connectivity index is 4.37. The van der Waals surface area contributed by atoms with Crippen molar-refractivity contribution in [3.63, 3.8) is 0 Å². The first-order chi connectivity index (χ1) is 38.5. The fourth-order valence-electron chi connectivity index (χ4n) is 10.1. The molecule has 0 amide bonds. The molecule has 6 heteroatoms. The lowest BCUT2D eigenvalue weighted by atomic mass is 10.0. The predicted octanol–water partition coefficient (Wildman–Crippen LogP) is 23.5. The van der Waals surface area contributed by atoms with Crippen LogP contribution in [0.2, 0.25) is 0 Å². The third-order valence-corrected chi connectivity index (χ3v) is 15.2. The summed E-state index contributed by atoms with van der Waals surface area (Å²) in [6.45, 7) is 6.65. The van der Waals surface area contributed by atoms with Crippen molar-refractivity contribution < 1.29 is 28.6 Å². The molecule has 0 saturated carbocycles. The first-order valence-corrected chi connectivity index (χ1v) is 34.3. The van der Waals surface area contributed by atoms with Gasteiger partial charge in [0.05, 0.1) is 0 Å². The van der Waals surface area contributed by atoms with Crippen LogP contribution in [0.3, 0.4) is 0 Å². The molecule has 0 radical (unpaired) electrons. The smallest absolute Gasteiger partial charge is 0.306 e. The lowest BCUT2D eigenvalue weighted by molar-refractivity contribution is -0.167. The van der Waals surface area contributed by atoms with Gasteiger partial charge in [-0.1, -0.05) is 313 Å². The number of hydrogen-bond donors (Lipinski definition) is 0. The van der Waals surface area contributed by atoms with E-state index in [1.165, 1.54) is 238 Å². The van der Waals surface area contributed by atoms with E-state index in [-0.39, 0.29) is 31.1 Å². The second-order valence-electron chi connectivity index (χ2n) is 23.1. The van der Waals surface area contributed by atoms with Crippen LogP contribution < -0.4 is 0 Å². The van der Waals surface area contributed by atoms with Gasteiger partial charge in [0.25, 0.3) is 0 Å². The van der Waals surface area contributed by atoms with Gasteiger partial charge < -0.3 is 14.2 Å². The summed E-state index contributed by atoms with van der Waals surface area (Å²) in [7, 11) is 0. The Hall–Kier alpha value is -2.89. The van der Waals surface area contributed by atoms with Crippen molar-refractivity contribution in [2.45, 2.75) is 367 Å². The molecule has 0 aliphatic carbocycles. The minimum atomic E-state index is -0.782. The second kappa shape index (κ2) is 66.6. The molecule has 0 bridgehead atoms. The number of carbonyl (C=O) groups is 3. The molecule has 0 aromatic heterocycles. The molecule has 0 fully saturated rings. The van der Waals surface area contributed by atoms with Gasteiger partial charge in [-0.25, -0.2) is 0 Å². The monoisotopic (exact) mass is 1090 g/mol. The molecule has 0 aliphatic rings. The summed E-state index contributed by atoms with van der Waals surface area (Å²) in [6, 6.07) is 0. The number of rotatable bonds is 63. The highest BCUT2D eigenvalue weighted by molar-refractivity contribution is 5.71. The third-order valence-electron chi connectivity index (χ3n) is 15.2. The van der Waals surface area contributed by atoms with Crippen LogP contribution in [0.1, 0.15) is 361 Å². The van der Waals surface area contributed by atoms with Crippen molar-refractivity contribution in [2.75, 3.05) is 13.2 Å². The van der Waals surface area contributed by atoms with Crippen LogP contribution in [0.4, 0.5) is 0 Å². The summed E-state index contributed by atoms with van der Waals surface area (Å²) in [5.74, 6) is -0.871. The Morgan fingerprint density at radius 3 is 0.744 bits per heavy atom. The number of carbonyl (C=O) groups excluding carboxylic acids is 3. The summed E-state index contributed by atoms with van der Waals surface area (Å²) < 4.78 is 17.0. The van der Waals surface area contributed by atoms with E-state index in [0.29, 0.717) is 19.3 Å². The Labute approximate surface area is 485 Å². The Bertz CT molecular complexity index is 1390. The van der Waals surface area contributed by atoms with E-state index in [4.69, 9.17) is 14.2 Å². The summed E-state index contributed by atoms with van der Waals surface area (Å²) in [5.41, 5.74) is 0. The van der Waals surface area contributed by atoms with Crippen LogP contribution in [-0.4, -0.2) is 37.2 Å². The maximum atomic E-state index is 13.0. The molecule has 0 aromatic carbocycles. The normalized spacial score (nSPS) is 12.4. The van der Waals surface area contributed by atoms with Gasteiger partial charge in [0, 0.05) is 19.3 Å². The highest BCUT2D eigenvalue weighted by atomic mass is 16.6. The van der Waals surface area contributed by atoms with Gasteiger partial charge in [0.15, 0.2) is 6.10 Å². The number of allylic oxidation sites excluding steroid dienone is 10. The second-order valence-corrected chi connectivity index (χ2v) is 23.1. The zero-order valence-corrected chi connectivity index (χ0v) is 52.2. The van der Waals surface area contributed by atoms with Crippen LogP contribution in [0.15, 0.2) is 60.8 Å². The van der Waals surface area contributed by atoms with Gasteiger partial charge in [-0.15, -0.1) is 0 Å². The Morgan fingerprint density at radius 1 is 0.256 bits per heavy atom. The molecule has 0 aromatic rings. The number of ether oxygens (including phenoxy) is 3. The van der Waals surface area contributed by atoms with Crippen molar-refractivity contribution in [3.05, 3.63) is 60.8 Å². The Kier molecular flexibility index (Phi) is 64.2. The zero-order chi connectivity index (χ0) is 56.4. The van der Waals surface area contributed by atoms with Gasteiger partial charge in [-0.2, -0.15) is 0 Å². The zero-order valence-electron chi connectivity index (χ0n) is 52.2. The van der Waals surface area contributed by atoms with Gasteiger partial charge >= 0.3 is 17.9 Å². The predicted molar refractivity (Wildman–Crippen MR) is 339 cm³/mol. The summed E-state index contributed by atoms with van der Waals surface area (Å²) in [4.78, 5) is 38.4. The van der Waals surface area contributed by atoms with E-state index >= 15 is 0 Å². The molecule has 78 heavy (non-hydrogen) atoms. The van der Waals surface area contributed by atoms with E-state index in [1.807, 2.05) is 0 Å². The number of esters is 3. The Morgan fingerprint density at radius 2 is 0.462 bits per heavy atom. The van der Waals surface area contributed by atoms with Gasteiger partial charge in [-0.3, -0.25) is 14.4 Å². The van der Waals surface area contributed by atoms with E-state index < -0.39 is 6.10 Å². The third kappa shape index (κ3) is 63.9. The van der Waals surface area contributed by atoms with Crippen LogP contribution in [-0.2, 0) is 28.6 Å². The molecule has 1 atom stereocenters. The van der Waals surface area contributed by atoms with Crippen molar-refractivity contribution in [3.8, 4) is 0 Å². The average molecular weight is 1090 g/mol. The highest BCUT2D eigenvalue weighted by Crippen LogP contribution is 2.18. The molecule has 0 saturated heterocycles. The van der Waals surface area contributed by atoms with Crippen molar-refractivity contribution in [1.82, 2.24) is 0 Å². The molecule has 0 N–H and O–H groups in total. The molecule has 0 rings (SSSR count). The summed E-state index contributed by atoms with van der Waals surface area (Å²) in [5, 5.41) is 0.